The van der Waals surface area contributed by atoms with E-state index in [0.717, 1.165) is 44.9 Å². The third-order valence-corrected chi connectivity index (χ3v) is 6.26. The SMILES string of the molecule is CCN=C(NC1C2CCCOC2C1(C)C)N1CCC[C@@H](C(=O)OCC)C1. The average molecular weight is 366 g/mol. The highest BCUT2D eigenvalue weighted by Crippen LogP contribution is 2.51. The summed E-state index contributed by atoms with van der Waals surface area (Å²) in [7, 11) is 0. The van der Waals surface area contributed by atoms with Crippen LogP contribution in [0.25, 0.3) is 0 Å². The molecule has 1 saturated carbocycles. The zero-order valence-corrected chi connectivity index (χ0v) is 16.8. The van der Waals surface area contributed by atoms with Gasteiger partial charge in [0.2, 0.25) is 0 Å². The number of aliphatic imine (C=N–C) groups is 1. The van der Waals surface area contributed by atoms with Crippen molar-refractivity contribution in [2.45, 2.75) is 65.5 Å². The first-order chi connectivity index (χ1) is 12.5. The lowest BCUT2D eigenvalue weighted by molar-refractivity contribution is -0.188. The van der Waals surface area contributed by atoms with Crippen LogP contribution >= 0.6 is 0 Å². The van der Waals surface area contributed by atoms with Crippen LogP contribution < -0.4 is 5.32 Å². The predicted molar refractivity (Wildman–Crippen MR) is 102 cm³/mol. The fourth-order valence-corrected chi connectivity index (χ4v) is 4.96. The van der Waals surface area contributed by atoms with E-state index in [4.69, 9.17) is 14.5 Å². The van der Waals surface area contributed by atoms with Crippen molar-refractivity contribution < 1.29 is 14.3 Å². The third-order valence-electron chi connectivity index (χ3n) is 6.26. The zero-order valence-electron chi connectivity index (χ0n) is 16.8. The minimum atomic E-state index is -0.0715. The molecule has 3 rings (SSSR count). The van der Waals surface area contributed by atoms with Gasteiger partial charge >= 0.3 is 5.97 Å². The molecule has 3 unspecified atom stereocenters. The molecule has 2 heterocycles. The van der Waals surface area contributed by atoms with Crippen LogP contribution in [0.15, 0.2) is 4.99 Å². The molecule has 148 valence electrons. The lowest BCUT2D eigenvalue weighted by atomic mass is 9.55. The van der Waals surface area contributed by atoms with Gasteiger partial charge in [0.15, 0.2) is 5.96 Å². The number of ether oxygens (including phenoxy) is 2. The normalized spacial score (nSPS) is 33.8. The van der Waals surface area contributed by atoms with Gasteiger partial charge in [-0.05, 0) is 39.5 Å². The molecule has 6 nitrogen and oxygen atoms in total. The predicted octanol–water partition coefficient (Wildman–Crippen LogP) is 2.43. The van der Waals surface area contributed by atoms with Crippen LogP contribution in [0.2, 0.25) is 0 Å². The summed E-state index contributed by atoms with van der Waals surface area (Å²) in [5, 5.41) is 3.75. The summed E-state index contributed by atoms with van der Waals surface area (Å²) >= 11 is 0. The van der Waals surface area contributed by atoms with E-state index in [0.29, 0.717) is 31.2 Å². The third kappa shape index (κ3) is 3.71. The van der Waals surface area contributed by atoms with Crippen molar-refractivity contribution in [2.24, 2.45) is 22.2 Å². The average Bonchev–Trinajstić information content (AvgIpc) is 2.65. The van der Waals surface area contributed by atoms with Gasteiger partial charge in [-0.25, -0.2) is 0 Å². The summed E-state index contributed by atoms with van der Waals surface area (Å²) in [6, 6.07) is 0.376. The number of hydrogen-bond acceptors (Lipinski definition) is 4. The second-order valence-corrected chi connectivity index (χ2v) is 8.38. The number of rotatable bonds is 4. The number of piperidine rings is 1. The molecule has 1 aliphatic carbocycles. The van der Waals surface area contributed by atoms with E-state index in [-0.39, 0.29) is 17.3 Å². The van der Waals surface area contributed by atoms with Gasteiger partial charge in [0.1, 0.15) is 0 Å². The largest absolute Gasteiger partial charge is 0.466 e. The standard InChI is InChI=1S/C20H35N3O3/c1-5-21-19(23-11-7-9-14(13-23)18(24)25-6-2)22-16-15-10-8-12-26-17(15)20(16,3)4/h14-17H,5-13H2,1-4H3,(H,21,22)/t14-,15?,16?,17?/m1/s1. The Labute approximate surface area is 157 Å². The topological polar surface area (TPSA) is 63.2 Å². The summed E-state index contributed by atoms with van der Waals surface area (Å²) in [5.74, 6) is 1.39. The Hall–Kier alpha value is -1.30. The molecule has 0 aromatic rings. The van der Waals surface area contributed by atoms with E-state index >= 15 is 0 Å². The van der Waals surface area contributed by atoms with E-state index in [2.05, 4.69) is 31.0 Å². The van der Waals surface area contributed by atoms with Gasteiger partial charge in [0, 0.05) is 43.6 Å². The van der Waals surface area contributed by atoms with E-state index in [1.165, 1.54) is 6.42 Å². The van der Waals surface area contributed by atoms with Crippen LogP contribution in [0, 0.1) is 17.3 Å². The van der Waals surface area contributed by atoms with Crippen molar-refractivity contribution >= 4 is 11.9 Å². The maximum atomic E-state index is 12.2. The quantitative estimate of drug-likeness (QED) is 0.471. The van der Waals surface area contributed by atoms with Crippen molar-refractivity contribution in [1.29, 1.82) is 0 Å². The molecule has 2 saturated heterocycles. The smallest absolute Gasteiger partial charge is 0.310 e. The second kappa shape index (κ2) is 8.15. The van der Waals surface area contributed by atoms with Gasteiger partial charge in [-0.15, -0.1) is 0 Å². The number of nitrogens with one attached hydrogen (secondary N) is 1. The molecular weight excluding hydrogens is 330 g/mol. The Kier molecular flexibility index (Phi) is 6.10. The molecule has 4 atom stereocenters. The van der Waals surface area contributed by atoms with Crippen molar-refractivity contribution in [1.82, 2.24) is 10.2 Å². The van der Waals surface area contributed by atoms with Crippen LogP contribution in [0.3, 0.4) is 0 Å². The molecule has 2 aliphatic heterocycles. The first-order valence-corrected chi connectivity index (χ1v) is 10.3. The van der Waals surface area contributed by atoms with Crippen LogP contribution in [0.5, 0.6) is 0 Å². The number of carbonyl (C=O) groups excluding carboxylic acids is 1. The highest BCUT2D eigenvalue weighted by atomic mass is 16.5. The lowest BCUT2D eigenvalue weighted by Crippen LogP contribution is -2.71. The molecule has 26 heavy (non-hydrogen) atoms. The molecular formula is C20H35N3O3. The number of likely N-dealkylation sites (tertiary alicyclic amines) is 1. The Morgan fingerprint density at radius 3 is 2.85 bits per heavy atom. The number of guanidine groups is 1. The molecule has 0 amide bonds. The lowest BCUT2D eigenvalue weighted by Gasteiger charge is -2.60. The van der Waals surface area contributed by atoms with Gasteiger partial charge in [-0.2, -0.15) is 0 Å². The molecule has 3 fully saturated rings. The van der Waals surface area contributed by atoms with Crippen molar-refractivity contribution in [3.05, 3.63) is 0 Å². The minimum Gasteiger partial charge on any atom is -0.466 e. The molecule has 0 aromatic carbocycles. The Balaban J connectivity index is 1.67. The van der Waals surface area contributed by atoms with Crippen molar-refractivity contribution in [3.8, 4) is 0 Å². The molecule has 0 radical (unpaired) electrons. The first kappa shape index (κ1) is 19.5. The summed E-state index contributed by atoms with van der Waals surface area (Å²) in [5.41, 5.74) is 0.107. The summed E-state index contributed by atoms with van der Waals surface area (Å²) in [4.78, 5) is 19.2. The number of esters is 1. The second-order valence-electron chi connectivity index (χ2n) is 8.38. The van der Waals surface area contributed by atoms with Gasteiger partial charge in [-0.3, -0.25) is 9.79 Å². The maximum Gasteiger partial charge on any atom is 0.310 e. The molecule has 1 N–H and O–H groups in total. The number of nitrogens with zero attached hydrogens (tertiary/aromatic N) is 2. The van der Waals surface area contributed by atoms with Gasteiger partial charge in [0.05, 0.1) is 18.6 Å². The highest BCUT2D eigenvalue weighted by Gasteiger charge is 2.58. The highest BCUT2D eigenvalue weighted by molar-refractivity contribution is 5.82. The fraction of sp³-hybridized carbons (Fsp3) is 0.900. The van der Waals surface area contributed by atoms with Gasteiger partial charge in [-0.1, -0.05) is 13.8 Å². The maximum absolute atomic E-state index is 12.2. The molecule has 6 heteroatoms. The summed E-state index contributed by atoms with van der Waals surface area (Å²) < 4.78 is 11.3. The van der Waals surface area contributed by atoms with E-state index < -0.39 is 0 Å². The Morgan fingerprint density at radius 2 is 2.12 bits per heavy atom. The van der Waals surface area contributed by atoms with Crippen molar-refractivity contribution in [2.75, 3.05) is 32.8 Å². The Bertz CT molecular complexity index is 534. The van der Waals surface area contributed by atoms with Crippen LogP contribution in [-0.2, 0) is 14.3 Å². The van der Waals surface area contributed by atoms with Crippen LogP contribution in [-0.4, -0.2) is 61.8 Å². The van der Waals surface area contributed by atoms with Crippen LogP contribution in [0.1, 0.15) is 53.4 Å². The van der Waals surface area contributed by atoms with Crippen LogP contribution in [0.4, 0.5) is 0 Å². The number of hydrogen-bond donors (Lipinski definition) is 1. The van der Waals surface area contributed by atoms with E-state index in [9.17, 15) is 4.79 Å². The first-order valence-electron chi connectivity index (χ1n) is 10.3. The van der Waals surface area contributed by atoms with Crippen molar-refractivity contribution in [3.63, 3.8) is 0 Å². The molecule has 0 aromatic heterocycles. The molecule has 0 spiro atoms. The fourth-order valence-electron chi connectivity index (χ4n) is 4.96. The summed E-state index contributed by atoms with van der Waals surface area (Å²) in [6.07, 6.45) is 4.62. The number of carbonyl (C=O) groups is 1. The van der Waals surface area contributed by atoms with E-state index in [1.807, 2.05) is 6.92 Å². The Morgan fingerprint density at radius 1 is 1.31 bits per heavy atom. The zero-order chi connectivity index (χ0) is 18.7. The molecule has 3 aliphatic rings. The van der Waals surface area contributed by atoms with E-state index in [1.54, 1.807) is 0 Å². The van der Waals surface area contributed by atoms with Gasteiger partial charge in [0.25, 0.3) is 0 Å². The minimum absolute atomic E-state index is 0.0484. The van der Waals surface area contributed by atoms with Gasteiger partial charge < -0.3 is 19.7 Å². The number of fused-ring (bicyclic) bond motifs is 1. The summed E-state index contributed by atoms with van der Waals surface area (Å²) in [6.45, 7) is 12.2. The monoisotopic (exact) mass is 365 g/mol. The molecule has 0 bridgehead atoms.